The molecule has 0 radical (unpaired) electrons. The van der Waals surface area contributed by atoms with Crippen LogP contribution < -0.4 is 10.6 Å². The predicted molar refractivity (Wildman–Crippen MR) is 91.3 cm³/mol. The highest BCUT2D eigenvalue weighted by atomic mass is 35.5. The van der Waals surface area contributed by atoms with Crippen molar-refractivity contribution in [3.05, 3.63) is 64.1 Å². The van der Waals surface area contributed by atoms with Gasteiger partial charge in [-0.05, 0) is 32.0 Å². The number of benzene rings is 2. The fourth-order valence-corrected chi connectivity index (χ4v) is 2.56. The molecule has 3 nitrogen and oxygen atoms in total. The number of nitrogens with two attached hydrogens (primary N) is 1. The van der Waals surface area contributed by atoms with Gasteiger partial charge in [-0.3, -0.25) is 4.79 Å². The molecule has 0 aliphatic rings. The van der Waals surface area contributed by atoms with Gasteiger partial charge in [0.05, 0.1) is 10.7 Å². The number of anilines is 1. The lowest BCUT2D eigenvalue weighted by Crippen LogP contribution is -2.91. The number of carbonyl (C=O) groups is 1. The molecule has 2 aromatic carbocycles. The normalized spacial score (nSPS) is 13.5. The van der Waals surface area contributed by atoms with Gasteiger partial charge in [0, 0.05) is 10.6 Å². The third-order valence-electron chi connectivity index (χ3n) is 3.50. The van der Waals surface area contributed by atoms with Gasteiger partial charge in [0.25, 0.3) is 5.91 Å². The molecule has 0 bridgehead atoms. The average molecular weight is 338 g/mol. The Morgan fingerprint density at radius 2 is 1.77 bits per heavy atom. The van der Waals surface area contributed by atoms with Crippen LogP contribution in [0.25, 0.3) is 0 Å². The van der Waals surface area contributed by atoms with Crippen LogP contribution >= 0.6 is 23.2 Å². The summed E-state index contributed by atoms with van der Waals surface area (Å²) >= 11 is 12.0. The van der Waals surface area contributed by atoms with Crippen LogP contribution in [0.15, 0.2) is 48.5 Å². The van der Waals surface area contributed by atoms with Crippen molar-refractivity contribution in [2.75, 3.05) is 5.32 Å². The van der Waals surface area contributed by atoms with E-state index in [0.717, 1.165) is 0 Å². The number of hydrogen-bond donors (Lipinski definition) is 2. The van der Waals surface area contributed by atoms with Gasteiger partial charge in [-0.25, -0.2) is 0 Å². The van der Waals surface area contributed by atoms with Gasteiger partial charge in [0.1, 0.15) is 6.04 Å². The maximum absolute atomic E-state index is 12.3. The number of amides is 1. The van der Waals surface area contributed by atoms with Crippen LogP contribution in [-0.2, 0) is 4.79 Å². The first-order chi connectivity index (χ1) is 10.5. The lowest BCUT2D eigenvalue weighted by Gasteiger charge is -2.17. The van der Waals surface area contributed by atoms with Crippen LogP contribution in [0.5, 0.6) is 0 Å². The molecule has 3 N–H and O–H groups in total. The van der Waals surface area contributed by atoms with Gasteiger partial charge in [0.15, 0.2) is 6.04 Å². The number of halogens is 2. The number of hydrogen-bond acceptors (Lipinski definition) is 1. The highest BCUT2D eigenvalue weighted by Crippen LogP contribution is 2.25. The van der Waals surface area contributed by atoms with E-state index in [1.54, 1.807) is 18.2 Å². The van der Waals surface area contributed by atoms with E-state index in [2.05, 4.69) is 24.4 Å². The van der Waals surface area contributed by atoms with Gasteiger partial charge < -0.3 is 10.6 Å². The van der Waals surface area contributed by atoms with Crippen molar-refractivity contribution in [2.24, 2.45) is 0 Å². The Kier molecular flexibility index (Phi) is 5.83. The molecular formula is C17H19Cl2N2O+. The predicted octanol–water partition coefficient (Wildman–Crippen LogP) is 3.65. The molecule has 0 spiro atoms. The molecular weight excluding hydrogens is 319 g/mol. The monoisotopic (exact) mass is 337 g/mol. The lowest BCUT2D eigenvalue weighted by atomic mass is 10.1. The highest BCUT2D eigenvalue weighted by Gasteiger charge is 2.21. The summed E-state index contributed by atoms with van der Waals surface area (Å²) in [4.78, 5) is 12.3. The zero-order valence-corrected chi connectivity index (χ0v) is 14.0. The second kappa shape index (κ2) is 7.63. The molecule has 0 saturated heterocycles. The first-order valence-corrected chi connectivity index (χ1v) is 7.89. The second-order valence-corrected chi connectivity index (χ2v) is 6.14. The quantitative estimate of drug-likeness (QED) is 0.859. The van der Waals surface area contributed by atoms with E-state index >= 15 is 0 Å². The minimum absolute atomic E-state index is 0.105. The van der Waals surface area contributed by atoms with E-state index in [9.17, 15) is 4.79 Å². The molecule has 0 aromatic heterocycles. The molecule has 0 unspecified atom stereocenters. The zero-order valence-electron chi connectivity index (χ0n) is 12.5. The molecule has 5 heteroatoms. The summed E-state index contributed by atoms with van der Waals surface area (Å²) in [5.74, 6) is -0.105. The summed E-state index contributed by atoms with van der Waals surface area (Å²) in [7, 11) is 0. The van der Waals surface area contributed by atoms with E-state index in [0.29, 0.717) is 15.7 Å². The molecule has 2 aromatic rings. The topological polar surface area (TPSA) is 45.7 Å². The summed E-state index contributed by atoms with van der Waals surface area (Å²) in [6, 6.07) is 15.0. The Bertz CT molecular complexity index is 646. The molecule has 116 valence electrons. The van der Waals surface area contributed by atoms with Crippen molar-refractivity contribution in [1.29, 1.82) is 0 Å². The summed E-state index contributed by atoms with van der Waals surface area (Å²) < 4.78 is 0. The van der Waals surface area contributed by atoms with Crippen LogP contribution in [0.2, 0.25) is 10.0 Å². The van der Waals surface area contributed by atoms with Gasteiger partial charge in [-0.1, -0.05) is 53.5 Å². The van der Waals surface area contributed by atoms with Crippen LogP contribution in [-0.4, -0.2) is 11.9 Å². The first kappa shape index (κ1) is 16.8. The van der Waals surface area contributed by atoms with Gasteiger partial charge >= 0.3 is 0 Å². The molecule has 0 aliphatic carbocycles. The molecule has 0 heterocycles. The van der Waals surface area contributed by atoms with Crippen molar-refractivity contribution < 1.29 is 10.1 Å². The Morgan fingerprint density at radius 3 is 2.45 bits per heavy atom. The number of nitrogens with one attached hydrogen (secondary N) is 1. The Labute approximate surface area is 140 Å². The standard InChI is InChI=1S/C17H18Cl2N2O/c1-11(13-6-4-3-5-7-13)20-12(2)17(22)21-16-10-14(18)8-9-15(16)19/h3-12,20H,1-2H3,(H,21,22)/p+1/t11-,12+/m0/s1. The summed E-state index contributed by atoms with van der Waals surface area (Å²) in [6.45, 7) is 3.94. The largest absolute Gasteiger partial charge is 0.330 e. The van der Waals surface area contributed by atoms with Crippen molar-refractivity contribution in [1.82, 2.24) is 0 Å². The van der Waals surface area contributed by atoms with Gasteiger partial charge in [-0.15, -0.1) is 0 Å². The third kappa shape index (κ3) is 4.47. The second-order valence-electron chi connectivity index (χ2n) is 5.29. The number of rotatable bonds is 5. The highest BCUT2D eigenvalue weighted by molar-refractivity contribution is 6.35. The third-order valence-corrected chi connectivity index (χ3v) is 4.07. The van der Waals surface area contributed by atoms with E-state index in [1.807, 2.05) is 30.4 Å². The summed E-state index contributed by atoms with van der Waals surface area (Å²) in [5, 5.41) is 5.85. The fraction of sp³-hybridized carbons (Fsp3) is 0.235. The van der Waals surface area contributed by atoms with Crippen LogP contribution in [0, 0.1) is 0 Å². The number of quaternary nitrogens is 1. The molecule has 0 fully saturated rings. The first-order valence-electron chi connectivity index (χ1n) is 7.13. The average Bonchev–Trinajstić information content (AvgIpc) is 2.51. The summed E-state index contributed by atoms with van der Waals surface area (Å²) in [5.41, 5.74) is 1.72. The van der Waals surface area contributed by atoms with E-state index < -0.39 is 0 Å². The molecule has 2 rings (SSSR count). The summed E-state index contributed by atoms with van der Waals surface area (Å²) in [6.07, 6.45) is 0. The Hall–Kier alpha value is -1.55. The lowest BCUT2D eigenvalue weighted by molar-refractivity contribution is -0.709. The van der Waals surface area contributed by atoms with Crippen molar-refractivity contribution in [2.45, 2.75) is 25.9 Å². The van der Waals surface area contributed by atoms with E-state index in [1.165, 1.54) is 5.56 Å². The van der Waals surface area contributed by atoms with Crippen LogP contribution in [0.1, 0.15) is 25.5 Å². The van der Waals surface area contributed by atoms with E-state index in [4.69, 9.17) is 23.2 Å². The fourth-order valence-electron chi connectivity index (χ4n) is 2.23. The SMILES string of the molecule is C[C@H]([NH2+][C@H](C)C(=O)Nc1cc(Cl)ccc1Cl)c1ccccc1. The molecule has 0 aliphatic heterocycles. The van der Waals surface area contributed by atoms with Crippen LogP contribution in [0.4, 0.5) is 5.69 Å². The molecule has 22 heavy (non-hydrogen) atoms. The Morgan fingerprint density at radius 1 is 1.09 bits per heavy atom. The smallest absolute Gasteiger partial charge is 0.282 e. The number of carbonyl (C=O) groups excluding carboxylic acids is 1. The maximum atomic E-state index is 12.3. The van der Waals surface area contributed by atoms with Crippen LogP contribution in [0.3, 0.4) is 0 Å². The maximum Gasteiger partial charge on any atom is 0.282 e. The van der Waals surface area contributed by atoms with E-state index in [-0.39, 0.29) is 18.0 Å². The van der Waals surface area contributed by atoms with Gasteiger partial charge in [-0.2, -0.15) is 0 Å². The molecule has 2 atom stereocenters. The minimum atomic E-state index is -0.245. The molecule has 0 saturated carbocycles. The zero-order chi connectivity index (χ0) is 16.1. The van der Waals surface area contributed by atoms with Crippen molar-refractivity contribution in [3.63, 3.8) is 0 Å². The van der Waals surface area contributed by atoms with Gasteiger partial charge in [0.2, 0.25) is 0 Å². The van der Waals surface area contributed by atoms with Crippen molar-refractivity contribution in [3.8, 4) is 0 Å². The molecule has 1 amide bonds. The Balaban J connectivity index is 1.99. The minimum Gasteiger partial charge on any atom is -0.330 e. The van der Waals surface area contributed by atoms with Crippen molar-refractivity contribution >= 4 is 34.8 Å².